The molecule has 0 saturated heterocycles. The van der Waals surface area contributed by atoms with Crippen LogP contribution in [0.4, 0.5) is 4.39 Å². The molecule has 5 heteroatoms. The molecule has 0 aromatic carbocycles. The number of pyridine rings is 1. The van der Waals surface area contributed by atoms with Gasteiger partial charge in [0.1, 0.15) is 18.2 Å². The van der Waals surface area contributed by atoms with E-state index in [0.717, 1.165) is 12.4 Å². The van der Waals surface area contributed by atoms with Crippen molar-refractivity contribution in [2.45, 2.75) is 20.1 Å². The number of aryl methyl sites for hydroxylation is 1. The van der Waals surface area contributed by atoms with E-state index in [4.69, 9.17) is 4.74 Å². The molecule has 2 aromatic heterocycles. The summed E-state index contributed by atoms with van der Waals surface area (Å²) in [5.74, 6) is 0.862. The highest BCUT2D eigenvalue weighted by molar-refractivity contribution is 5.16. The zero-order valence-corrected chi connectivity index (χ0v) is 8.93. The Morgan fingerprint density at radius 3 is 2.94 bits per heavy atom. The van der Waals surface area contributed by atoms with Crippen molar-refractivity contribution in [1.29, 1.82) is 0 Å². The van der Waals surface area contributed by atoms with Crippen LogP contribution in [0.15, 0.2) is 30.7 Å². The number of ether oxygens (including phenoxy) is 1. The van der Waals surface area contributed by atoms with Crippen LogP contribution in [0.25, 0.3) is 0 Å². The van der Waals surface area contributed by atoms with Crippen LogP contribution in [-0.4, -0.2) is 14.5 Å². The predicted molar refractivity (Wildman–Crippen MR) is 56.4 cm³/mol. The third-order valence-corrected chi connectivity index (χ3v) is 2.21. The number of halogens is 1. The molecule has 2 heterocycles. The van der Waals surface area contributed by atoms with Gasteiger partial charge in [0.2, 0.25) is 5.95 Å². The van der Waals surface area contributed by atoms with Crippen LogP contribution in [-0.2, 0) is 13.2 Å². The lowest BCUT2D eigenvalue weighted by atomic mass is 10.4. The first-order valence-corrected chi connectivity index (χ1v) is 5.04. The van der Waals surface area contributed by atoms with Gasteiger partial charge in [-0.3, -0.25) is 0 Å². The third kappa shape index (κ3) is 2.36. The highest BCUT2D eigenvalue weighted by Gasteiger charge is 2.02. The number of hydrogen-bond donors (Lipinski definition) is 0. The van der Waals surface area contributed by atoms with Gasteiger partial charge in [-0.1, -0.05) is 0 Å². The largest absolute Gasteiger partial charge is 0.484 e. The molecule has 2 aromatic rings. The average Bonchev–Trinajstić information content (AvgIpc) is 2.76. The second-order valence-corrected chi connectivity index (χ2v) is 3.23. The van der Waals surface area contributed by atoms with Crippen molar-refractivity contribution in [3.05, 3.63) is 42.5 Å². The van der Waals surface area contributed by atoms with E-state index in [1.165, 1.54) is 12.3 Å². The Kier molecular flexibility index (Phi) is 3.14. The minimum atomic E-state index is -0.512. The fourth-order valence-electron chi connectivity index (χ4n) is 1.36. The summed E-state index contributed by atoms with van der Waals surface area (Å²) in [5.41, 5.74) is 0. The average molecular weight is 221 g/mol. The van der Waals surface area contributed by atoms with Crippen LogP contribution in [0.2, 0.25) is 0 Å². The Morgan fingerprint density at radius 1 is 1.38 bits per heavy atom. The topological polar surface area (TPSA) is 39.9 Å². The fraction of sp³-hybridized carbons (Fsp3) is 0.273. The summed E-state index contributed by atoms with van der Waals surface area (Å²) >= 11 is 0. The molecule has 4 nitrogen and oxygen atoms in total. The molecule has 0 unspecified atom stereocenters. The number of imidazole rings is 1. The molecule has 0 aliphatic rings. The van der Waals surface area contributed by atoms with Crippen molar-refractivity contribution < 1.29 is 9.13 Å². The highest BCUT2D eigenvalue weighted by atomic mass is 19.1. The maximum absolute atomic E-state index is 12.5. The lowest BCUT2D eigenvalue weighted by Crippen LogP contribution is -2.05. The molecule has 0 aliphatic carbocycles. The number of rotatable bonds is 4. The van der Waals surface area contributed by atoms with Crippen molar-refractivity contribution in [2.75, 3.05) is 0 Å². The van der Waals surface area contributed by atoms with Gasteiger partial charge in [-0.25, -0.2) is 9.97 Å². The molecule has 0 amide bonds. The van der Waals surface area contributed by atoms with Gasteiger partial charge in [-0.15, -0.1) is 0 Å². The standard InChI is InChI=1S/C11H12FN3O/c1-2-15-6-5-13-11(15)8-16-9-3-4-10(12)14-7-9/h3-7H,2,8H2,1H3. The van der Waals surface area contributed by atoms with Gasteiger partial charge in [0.15, 0.2) is 0 Å². The molecule has 0 bridgehead atoms. The quantitative estimate of drug-likeness (QED) is 0.741. The second-order valence-electron chi connectivity index (χ2n) is 3.23. The molecular weight excluding hydrogens is 209 g/mol. The van der Waals surface area contributed by atoms with Crippen LogP contribution in [0.1, 0.15) is 12.7 Å². The lowest BCUT2D eigenvalue weighted by Gasteiger charge is -2.06. The first-order valence-electron chi connectivity index (χ1n) is 5.04. The van der Waals surface area contributed by atoms with E-state index in [2.05, 4.69) is 9.97 Å². The third-order valence-electron chi connectivity index (χ3n) is 2.21. The molecule has 0 saturated carbocycles. The maximum atomic E-state index is 12.5. The van der Waals surface area contributed by atoms with Crippen LogP contribution >= 0.6 is 0 Å². The molecule has 0 atom stereocenters. The van der Waals surface area contributed by atoms with E-state index in [0.29, 0.717) is 12.4 Å². The molecule has 0 fully saturated rings. The normalized spacial score (nSPS) is 10.4. The minimum absolute atomic E-state index is 0.355. The zero-order valence-electron chi connectivity index (χ0n) is 8.93. The first kappa shape index (κ1) is 10.6. The smallest absolute Gasteiger partial charge is 0.213 e. The molecule has 16 heavy (non-hydrogen) atoms. The monoisotopic (exact) mass is 221 g/mol. The number of aromatic nitrogens is 3. The van der Waals surface area contributed by atoms with Crippen molar-refractivity contribution in [2.24, 2.45) is 0 Å². The number of hydrogen-bond acceptors (Lipinski definition) is 3. The Labute approximate surface area is 92.7 Å². The summed E-state index contributed by atoms with van der Waals surface area (Å²) in [6, 6.07) is 2.81. The fourth-order valence-corrected chi connectivity index (χ4v) is 1.36. The van der Waals surface area contributed by atoms with E-state index in [-0.39, 0.29) is 0 Å². The Hall–Kier alpha value is -1.91. The Bertz CT molecular complexity index is 453. The summed E-state index contributed by atoms with van der Waals surface area (Å²) in [6.45, 7) is 3.24. The summed E-state index contributed by atoms with van der Waals surface area (Å²) in [5, 5.41) is 0. The lowest BCUT2D eigenvalue weighted by molar-refractivity contribution is 0.288. The van der Waals surface area contributed by atoms with Crippen molar-refractivity contribution in [3.8, 4) is 5.75 Å². The molecule has 2 rings (SSSR count). The summed E-state index contributed by atoms with van der Waals surface area (Å²) in [6.07, 6.45) is 4.97. The zero-order chi connectivity index (χ0) is 11.4. The van der Waals surface area contributed by atoms with Gasteiger partial charge >= 0.3 is 0 Å². The van der Waals surface area contributed by atoms with Crippen molar-refractivity contribution >= 4 is 0 Å². The van der Waals surface area contributed by atoms with Crippen LogP contribution in [0, 0.1) is 5.95 Å². The van der Waals surface area contributed by atoms with E-state index >= 15 is 0 Å². The van der Waals surface area contributed by atoms with Crippen LogP contribution in [0.5, 0.6) is 5.75 Å². The van der Waals surface area contributed by atoms with Gasteiger partial charge < -0.3 is 9.30 Å². The van der Waals surface area contributed by atoms with Crippen LogP contribution < -0.4 is 4.74 Å². The number of nitrogens with zero attached hydrogens (tertiary/aromatic N) is 3. The Morgan fingerprint density at radius 2 is 2.25 bits per heavy atom. The van der Waals surface area contributed by atoms with Gasteiger partial charge in [-0.2, -0.15) is 4.39 Å². The molecule has 0 N–H and O–H groups in total. The molecule has 84 valence electrons. The molecule has 0 spiro atoms. The SMILES string of the molecule is CCn1ccnc1COc1ccc(F)nc1. The van der Waals surface area contributed by atoms with Crippen LogP contribution in [0.3, 0.4) is 0 Å². The molecule has 0 radical (unpaired) electrons. The second kappa shape index (κ2) is 4.74. The summed E-state index contributed by atoms with van der Waals surface area (Å²) in [7, 11) is 0. The van der Waals surface area contributed by atoms with Crippen molar-refractivity contribution in [3.63, 3.8) is 0 Å². The highest BCUT2D eigenvalue weighted by Crippen LogP contribution is 2.10. The maximum Gasteiger partial charge on any atom is 0.213 e. The summed E-state index contributed by atoms with van der Waals surface area (Å²) < 4.78 is 20.0. The van der Waals surface area contributed by atoms with Gasteiger partial charge in [0, 0.05) is 18.9 Å². The van der Waals surface area contributed by atoms with E-state index in [9.17, 15) is 4.39 Å². The van der Waals surface area contributed by atoms with Crippen molar-refractivity contribution in [1.82, 2.24) is 14.5 Å². The molecule has 0 aliphatic heterocycles. The first-order chi connectivity index (χ1) is 7.79. The van der Waals surface area contributed by atoms with E-state index in [1.807, 2.05) is 17.7 Å². The molecular formula is C11H12FN3O. The Balaban J connectivity index is 1.99. The minimum Gasteiger partial charge on any atom is -0.484 e. The van der Waals surface area contributed by atoms with E-state index in [1.54, 1.807) is 12.3 Å². The predicted octanol–water partition coefficient (Wildman–Crippen LogP) is 2.02. The van der Waals surface area contributed by atoms with E-state index < -0.39 is 5.95 Å². The summed E-state index contributed by atoms with van der Waals surface area (Å²) in [4.78, 5) is 7.67. The van der Waals surface area contributed by atoms with Gasteiger partial charge in [0.05, 0.1) is 6.20 Å². The van der Waals surface area contributed by atoms with Gasteiger partial charge in [0.25, 0.3) is 0 Å². The van der Waals surface area contributed by atoms with Gasteiger partial charge in [-0.05, 0) is 19.1 Å².